The fourth-order valence-corrected chi connectivity index (χ4v) is 2.63. The zero-order chi connectivity index (χ0) is 19.4. The maximum Gasteiger partial charge on any atom is 0.340 e. The van der Waals surface area contributed by atoms with Crippen LogP contribution < -0.4 is 5.32 Å². The highest BCUT2D eigenvalue weighted by Crippen LogP contribution is 2.23. The van der Waals surface area contributed by atoms with Crippen LogP contribution in [0.5, 0.6) is 0 Å². The predicted molar refractivity (Wildman–Crippen MR) is 98.0 cm³/mol. The number of benzene rings is 1. The van der Waals surface area contributed by atoms with Gasteiger partial charge in [-0.1, -0.05) is 11.6 Å². The third-order valence-corrected chi connectivity index (χ3v) is 3.90. The highest BCUT2D eigenvalue weighted by molar-refractivity contribution is 6.30. The number of pyridine rings is 1. The minimum Gasteiger partial charge on any atom is -0.455 e. The van der Waals surface area contributed by atoms with Gasteiger partial charge in [-0.3, -0.25) is 10.1 Å². The Hall–Kier alpha value is -3.17. The van der Waals surface area contributed by atoms with Gasteiger partial charge in [0.25, 0.3) is 5.69 Å². The number of aromatic nitrogens is 2. The second-order valence-corrected chi connectivity index (χ2v) is 5.99. The number of aliphatic hydroxyl groups is 1. The Balaban J connectivity index is 1.79. The van der Waals surface area contributed by atoms with Gasteiger partial charge in [0, 0.05) is 36.8 Å². The number of nitro groups is 1. The first-order valence-corrected chi connectivity index (χ1v) is 8.29. The van der Waals surface area contributed by atoms with Crippen molar-refractivity contribution in [3.05, 3.63) is 69.1 Å². The molecule has 0 unspecified atom stereocenters. The van der Waals surface area contributed by atoms with Crippen LogP contribution in [-0.2, 0) is 11.3 Å². The van der Waals surface area contributed by atoms with E-state index in [2.05, 4.69) is 10.3 Å². The van der Waals surface area contributed by atoms with Gasteiger partial charge < -0.3 is 19.6 Å². The number of nitro benzene ring substituents is 1. The van der Waals surface area contributed by atoms with Crippen LogP contribution in [-0.4, -0.2) is 38.5 Å². The van der Waals surface area contributed by atoms with Crippen molar-refractivity contribution in [2.45, 2.75) is 6.61 Å². The zero-order valence-corrected chi connectivity index (χ0v) is 14.7. The van der Waals surface area contributed by atoms with E-state index in [-0.39, 0.29) is 31.0 Å². The number of halogens is 1. The van der Waals surface area contributed by atoms with Crippen molar-refractivity contribution in [1.82, 2.24) is 9.38 Å². The maximum atomic E-state index is 12.4. The summed E-state index contributed by atoms with van der Waals surface area (Å²) in [7, 11) is 0. The van der Waals surface area contributed by atoms with Gasteiger partial charge in [0.05, 0.1) is 27.8 Å². The van der Waals surface area contributed by atoms with E-state index >= 15 is 0 Å². The average molecular weight is 391 g/mol. The number of aliphatic hydroxyl groups excluding tert-OH is 1. The van der Waals surface area contributed by atoms with E-state index in [1.165, 1.54) is 12.1 Å². The normalized spacial score (nSPS) is 10.7. The summed E-state index contributed by atoms with van der Waals surface area (Å²) in [4.78, 5) is 27.1. The molecule has 0 fully saturated rings. The fourth-order valence-electron chi connectivity index (χ4n) is 2.46. The molecule has 1 aromatic carbocycles. The number of carbonyl (C=O) groups excluding carboxylic acids is 1. The lowest BCUT2D eigenvalue weighted by atomic mass is 10.1. The Kier molecular flexibility index (Phi) is 5.53. The average Bonchev–Trinajstić information content (AvgIpc) is 3.06. The fraction of sp³-hybridized carbons (Fsp3) is 0.176. The van der Waals surface area contributed by atoms with Gasteiger partial charge in [0.1, 0.15) is 12.3 Å². The molecule has 27 heavy (non-hydrogen) atoms. The van der Waals surface area contributed by atoms with Gasteiger partial charge in [-0.2, -0.15) is 0 Å². The highest BCUT2D eigenvalue weighted by atomic mass is 35.5. The van der Waals surface area contributed by atoms with E-state index in [1.54, 1.807) is 28.9 Å². The Labute approximate surface area is 158 Å². The first kappa shape index (κ1) is 18.6. The van der Waals surface area contributed by atoms with E-state index in [9.17, 15) is 14.9 Å². The van der Waals surface area contributed by atoms with Crippen LogP contribution in [0.1, 0.15) is 16.1 Å². The van der Waals surface area contributed by atoms with E-state index in [1.807, 2.05) is 0 Å². The number of hydrogen-bond acceptors (Lipinski definition) is 7. The lowest BCUT2D eigenvalue weighted by Gasteiger charge is -2.10. The number of ether oxygens (including phenoxy) is 1. The van der Waals surface area contributed by atoms with Crippen molar-refractivity contribution in [3.8, 4) is 0 Å². The number of hydrogen-bond donors (Lipinski definition) is 2. The first-order chi connectivity index (χ1) is 13.0. The number of rotatable bonds is 7. The zero-order valence-electron chi connectivity index (χ0n) is 14.0. The summed E-state index contributed by atoms with van der Waals surface area (Å²) in [6, 6.07) is 7.22. The molecule has 9 nitrogen and oxygen atoms in total. The number of anilines is 1. The lowest BCUT2D eigenvalue weighted by Crippen LogP contribution is -2.13. The van der Waals surface area contributed by atoms with Crippen molar-refractivity contribution in [2.75, 3.05) is 18.5 Å². The van der Waals surface area contributed by atoms with E-state index in [4.69, 9.17) is 21.4 Å². The molecule has 0 aliphatic heterocycles. The molecule has 10 heteroatoms. The highest BCUT2D eigenvalue weighted by Gasteiger charge is 2.18. The minimum absolute atomic E-state index is 0.00413. The van der Waals surface area contributed by atoms with Gasteiger partial charge in [-0.25, -0.2) is 9.78 Å². The number of nitrogens with zero attached hydrogens (tertiary/aromatic N) is 3. The SMILES string of the molecule is O=C(OCc1cn2cc(Cl)ccc2n1)c1cc([N+](=O)[O-])ccc1NCCO. The summed E-state index contributed by atoms with van der Waals surface area (Å²) < 4.78 is 6.96. The van der Waals surface area contributed by atoms with Crippen molar-refractivity contribution >= 4 is 34.6 Å². The molecule has 0 aliphatic carbocycles. The van der Waals surface area contributed by atoms with Crippen LogP contribution in [0.4, 0.5) is 11.4 Å². The summed E-state index contributed by atoms with van der Waals surface area (Å²) in [5, 5.41) is 23.3. The number of non-ortho nitro benzene ring substituents is 1. The molecular weight excluding hydrogens is 376 g/mol. The van der Waals surface area contributed by atoms with Crippen LogP contribution in [0.15, 0.2) is 42.7 Å². The van der Waals surface area contributed by atoms with Crippen molar-refractivity contribution in [2.24, 2.45) is 0 Å². The standard InChI is InChI=1S/C17H15ClN4O5/c18-11-1-4-16-20-12(9-21(16)8-11)10-27-17(24)14-7-13(22(25)26)2-3-15(14)19-5-6-23/h1-4,7-9,19,23H,5-6,10H2. The number of esters is 1. The van der Waals surface area contributed by atoms with Crippen LogP contribution in [0.2, 0.25) is 5.02 Å². The predicted octanol–water partition coefficient (Wildman–Crippen LogP) is 2.66. The number of nitrogens with one attached hydrogen (secondary N) is 1. The molecule has 140 valence electrons. The Morgan fingerprint density at radius 3 is 2.89 bits per heavy atom. The van der Waals surface area contributed by atoms with Gasteiger partial charge >= 0.3 is 5.97 Å². The first-order valence-electron chi connectivity index (χ1n) is 7.91. The summed E-state index contributed by atoms with van der Waals surface area (Å²) >= 11 is 5.92. The summed E-state index contributed by atoms with van der Waals surface area (Å²) in [5.41, 5.74) is 1.25. The molecule has 3 rings (SSSR count). The second kappa shape index (κ2) is 8.02. The van der Waals surface area contributed by atoms with Crippen LogP contribution in [0.3, 0.4) is 0 Å². The van der Waals surface area contributed by atoms with E-state index in [0.29, 0.717) is 22.1 Å². The van der Waals surface area contributed by atoms with Crippen molar-refractivity contribution in [1.29, 1.82) is 0 Å². The van der Waals surface area contributed by atoms with Crippen molar-refractivity contribution < 1.29 is 19.6 Å². The molecule has 0 aliphatic rings. The number of carbonyl (C=O) groups is 1. The van der Waals surface area contributed by atoms with Gasteiger partial charge in [0.15, 0.2) is 0 Å². The van der Waals surface area contributed by atoms with Gasteiger partial charge in [0.2, 0.25) is 0 Å². The monoisotopic (exact) mass is 390 g/mol. The molecule has 0 radical (unpaired) electrons. The molecular formula is C17H15ClN4O5. The largest absolute Gasteiger partial charge is 0.455 e. The smallest absolute Gasteiger partial charge is 0.340 e. The molecule has 2 N–H and O–H groups in total. The molecule has 0 saturated carbocycles. The molecule has 0 saturated heterocycles. The quantitative estimate of drug-likeness (QED) is 0.361. The molecule has 0 bridgehead atoms. The van der Waals surface area contributed by atoms with E-state index in [0.717, 1.165) is 6.07 Å². The molecule has 0 atom stereocenters. The molecule has 2 aromatic heterocycles. The van der Waals surface area contributed by atoms with Crippen LogP contribution in [0, 0.1) is 10.1 Å². The number of fused-ring (bicyclic) bond motifs is 1. The lowest BCUT2D eigenvalue weighted by molar-refractivity contribution is -0.384. The Bertz CT molecular complexity index is 1000. The molecule has 3 aromatic rings. The number of imidazole rings is 1. The molecule has 2 heterocycles. The van der Waals surface area contributed by atoms with Crippen molar-refractivity contribution in [3.63, 3.8) is 0 Å². The van der Waals surface area contributed by atoms with Gasteiger partial charge in [-0.15, -0.1) is 0 Å². The molecule has 0 amide bonds. The summed E-state index contributed by atoms with van der Waals surface area (Å²) in [5.74, 6) is -0.741. The van der Waals surface area contributed by atoms with E-state index < -0.39 is 10.9 Å². The summed E-state index contributed by atoms with van der Waals surface area (Å²) in [6.45, 7) is -0.0825. The topological polar surface area (TPSA) is 119 Å². The maximum absolute atomic E-state index is 12.4. The van der Waals surface area contributed by atoms with Gasteiger partial charge in [-0.05, 0) is 18.2 Å². The third-order valence-electron chi connectivity index (χ3n) is 3.68. The summed E-state index contributed by atoms with van der Waals surface area (Å²) in [6.07, 6.45) is 3.35. The minimum atomic E-state index is -0.741. The Morgan fingerprint density at radius 1 is 1.33 bits per heavy atom. The molecule has 0 spiro atoms. The third kappa shape index (κ3) is 4.33. The second-order valence-electron chi connectivity index (χ2n) is 5.56. The Morgan fingerprint density at radius 2 is 2.15 bits per heavy atom. The van der Waals surface area contributed by atoms with Crippen LogP contribution >= 0.6 is 11.6 Å². The van der Waals surface area contributed by atoms with Crippen LogP contribution in [0.25, 0.3) is 5.65 Å².